The van der Waals surface area contributed by atoms with Gasteiger partial charge in [-0.2, -0.15) is 0 Å². The fourth-order valence-electron chi connectivity index (χ4n) is 7.84. The molecule has 2 saturated heterocycles. The van der Waals surface area contributed by atoms with E-state index < -0.39 is 73.4 Å². The summed E-state index contributed by atoms with van der Waals surface area (Å²) in [5, 5.41) is 0. The van der Waals surface area contributed by atoms with Crippen molar-refractivity contribution in [1.29, 1.82) is 0 Å². The molecule has 10 atom stereocenters. The summed E-state index contributed by atoms with van der Waals surface area (Å²) in [5.41, 5.74) is 4.60. The first-order valence-corrected chi connectivity index (χ1v) is 21.9. The molecule has 2 fully saturated rings. The molecule has 13 heteroatoms. The van der Waals surface area contributed by atoms with Crippen LogP contribution >= 0.6 is 0 Å². The van der Waals surface area contributed by atoms with Crippen molar-refractivity contribution in [2.45, 2.75) is 108 Å². The van der Waals surface area contributed by atoms with Crippen LogP contribution in [-0.4, -0.2) is 93.7 Å². The van der Waals surface area contributed by atoms with Crippen LogP contribution in [0.5, 0.6) is 0 Å². The van der Waals surface area contributed by atoms with Gasteiger partial charge in [0.25, 0.3) is 0 Å². The molecule has 0 aliphatic carbocycles. The molecule has 5 aromatic rings. The predicted molar refractivity (Wildman–Crippen MR) is 238 cm³/mol. The molecule has 0 radical (unpaired) electrons. The lowest BCUT2D eigenvalue weighted by Crippen LogP contribution is -2.64. The van der Waals surface area contributed by atoms with E-state index in [0.717, 1.165) is 27.8 Å². The lowest BCUT2D eigenvalue weighted by molar-refractivity contribution is -0.347. The maximum Gasteiger partial charge on any atom is 0.303 e. The molecule has 0 spiro atoms. The maximum atomic E-state index is 12.9. The van der Waals surface area contributed by atoms with Crippen LogP contribution in [0.15, 0.2) is 152 Å². The summed E-state index contributed by atoms with van der Waals surface area (Å²) >= 11 is 0. The first-order chi connectivity index (χ1) is 31.8. The minimum Gasteiger partial charge on any atom is -0.463 e. The monoisotopic (exact) mass is 890 g/mol. The van der Waals surface area contributed by atoms with E-state index in [2.05, 4.69) is 0 Å². The van der Waals surface area contributed by atoms with Crippen molar-refractivity contribution in [3.63, 3.8) is 0 Å². The van der Waals surface area contributed by atoms with Crippen LogP contribution in [0.1, 0.15) is 41.7 Å². The Morgan fingerprint density at radius 2 is 0.738 bits per heavy atom. The Labute approximate surface area is 380 Å². The van der Waals surface area contributed by atoms with Gasteiger partial charge in [0.1, 0.15) is 49.3 Å². The zero-order valence-corrected chi connectivity index (χ0v) is 37.0. The van der Waals surface area contributed by atoms with Crippen molar-refractivity contribution in [2.75, 3.05) is 20.3 Å². The van der Waals surface area contributed by atoms with Crippen LogP contribution in [0.2, 0.25) is 0 Å². The summed E-state index contributed by atoms with van der Waals surface area (Å²) in [6, 6.07) is 48.6. The summed E-state index contributed by atoms with van der Waals surface area (Å²) < 4.78 is 71.1. The Morgan fingerprint density at radius 3 is 1.12 bits per heavy atom. The van der Waals surface area contributed by atoms with Crippen LogP contribution < -0.4 is 0 Å². The third-order valence-corrected chi connectivity index (χ3v) is 11.0. The van der Waals surface area contributed by atoms with Gasteiger partial charge in [-0.3, -0.25) is 9.59 Å². The van der Waals surface area contributed by atoms with Gasteiger partial charge in [-0.1, -0.05) is 152 Å². The Kier molecular flexibility index (Phi) is 18.2. The number of ether oxygens (including phenoxy) is 11. The van der Waals surface area contributed by atoms with Crippen LogP contribution in [0.4, 0.5) is 0 Å². The minimum atomic E-state index is -1.20. The van der Waals surface area contributed by atoms with Crippen molar-refractivity contribution in [3.8, 4) is 0 Å². The molecule has 2 aliphatic heterocycles. The van der Waals surface area contributed by atoms with E-state index in [1.807, 2.05) is 152 Å². The van der Waals surface area contributed by atoms with Crippen molar-refractivity contribution in [1.82, 2.24) is 0 Å². The zero-order chi connectivity index (χ0) is 45.2. The highest BCUT2D eigenvalue weighted by Crippen LogP contribution is 2.34. The molecule has 0 aromatic heterocycles. The topological polar surface area (TPSA) is 136 Å². The molecule has 2 aliphatic rings. The summed E-state index contributed by atoms with van der Waals surface area (Å²) in [7, 11) is 1.55. The lowest BCUT2D eigenvalue weighted by Gasteiger charge is -2.47. The Morgan fingerprint density at radius 1 is 0.400 bits per heavy atom. The Bertz CT molecular complexity index is 2130. The summed E-state index contributed by atoms with van der Waals surface area (Å²) in [5.74, 6) is -1.10. The fourth-order valence-corrected chi connectivity index (χ4v) is 7.84. The van der Waals surface area contributed by atoms with Gasteiger partial charge in [-0.25, -0.2) is 0 Å². The average molecular weight is 891 g/mol. The molecule has 0 amide bonds. The van der Waals surface area contributed by atoms with E-state index in [9.17, 15) is 9.59 Å². The largest absolute Gasteiger partial charge is 0.463 e. The van der Waals surface area contributed by atoms with E-state index >= 15 is 0 Å². The molecular formula is C52H58O13. The lowest BCUT2D eigenvalue weighted by atomic mass is 9.97. The van der Waals surface area contributed by atoms with Crippen LogP contribution in [0.25, 0.3) is 0 Å². The third-order valence-electron chi connectivity index (χ3n) is 11.0. The van der Waals surface area contributed by atoms with Crippen LogP contribution in [-0.2, 0) is 94.7 Å². The smallest absolute Gasteiger partial charge is 0.303 e. The van der Waals surface area contributed by atoms with Gasteiger partial charge >= 0.3 is 11.9 Å². The standard InChI is InChI=1S/C52H58O13/c1-36(53)56-34-43-46(58-30-39-21-11-5-12-22-39)48(63-37(2)54)50(61-33-42-27-17-8-18-28-42)52(65-43)62-35-44-45(57-29-38-19-9-4-10-20-38)47(59-31-40-23-13-6-14-24-40)49(51(55-3)64-44)60-32-41-25-15-7-16-26-41/h4-28,43-52H,29-35H2,1-3H3/t43?,44?,45-,46+,47?,48?,49?,50?,51+,52+/m1/s1. The molecule has 6 unspecified atom stereocenters. The number of carbonyl (C=O) groups is 2. The molecule has 2 heterocycles. The number of methoxy groups -OCH3 is 1. The highest BCUT2D eigenvalue weighted by molar-refractivity contribution is 5.66. The van der Waals surface area contributed by atoms with Crippen LogP contribution in [0, 0.1) is 0 Å². The summed E-state index contributed by atoms with van der Waals surface area (Å²) in [6.45, 7) is 3.27. The van der Waals surface area contributed by atoms with E-state index in [0.29, 0.717) is 0 Å². The summed E-state index contributed by atoms with van der Waals surface area (Å²) in [6.07, 6.45) is -9.18. The zero-order valence-electron chi connectivity index (χ0n) is 37.0. The molecule has 0 bridgehead atoms. The number of hydrogen-bond acceptors (Lipinski definition) is 13. The summed E-state index contributed by atoms with van der Waals surface area (Å²) in [4.78, 5) is 25.2. The average Bonchev–Trinajstić information content (AvgIpc) is 3.34. The number of esters is 2. The van der Waals surface area contributed by atoms with Gasteiger partial charge < -0.3 is 52.1 Å². The normalized spacial score (nSPS) is 25.4. The quantitative estimate of drug-likeness (QED) is 0.0635. The van der Waals surface area contributed by atoms with Crippen molar-refractivity contribution in [3.05, 3.63) is 179 Å². The molecule has 7 rings (SSSR count). The third kappa shape index (κ3) is 14.1. The number of carbonyl (C=O) groups excluding carboxylic acids is 2. The Balaban J connectivity index is 1.21. The highest BCUT2D eigenvalue weighted by Gasteiger charge is 2.53. The molecule has 344 valence electrons. The van der Waals surface area contributed by atoms with Crippen molar-refractivity contribution >= 4 is 11.9 Å². The minimum absolute atomic E-state index is 0.122. The molecule has 13 nitrogen and oxygen atoms in total. The number of hydrogen-bond donors (Lipinski definition) is 0. The van der Waals surface area contributed by atoms with Crippen LogP contribution in [0.3, 0.4) is 0 Å². The molecular weight excluding hydrogens is 833 g/mol. The van der Waals surface area contributed by atoms with Gasteiger partial charge in [0, 0.05) is 21.0 Å². The van der Waals surface area contributed by atoms with Gasteiger partial charge in [0.2, 0.25) is 0 Å². The van der Waals surface area contributed by atoms with Gasteiger partial charge in [0.05, 0.1) is 39.6 Å². The van der Waals surface area contributed by atoms with Crippen molar-refractivity contribution in [2.24, 2.45) is 0 Å². The van der Waals surface area contributed by atoms with E-state index in [1.165, 1.54) is 13.8 Å². The van der Waals surface area contributed by atoms with Gasteiger partial charge in [-0.15, -0.1) is 0 Å². The second-order valence-electron chi connectivity index (χ2n) is 15.8. The molecule has 65 heavy (non-hydrogen) atoms. The van der Waals surface area contributed by atoms with Gasteiger partial charge in [0.15, 0.2) is 18.7 Å². The predicted octanol–water partition coefficient (Wildman–Crippen LogP) is 7.52. The fraction of sp³-hybridized carbons (Fsp3) is 0.385. The molecule has 5 aromatic carbocycles. The highest BCUT2D eigenvalue weighted by atomic mass is 16.8. The first-order valence-electron chi connectivity index (χ1n) is 21.9. The first kappa shape index (κ1) is 47.6. The molecule has 0 saturated carbocycles. The maximum absolute atomic E-state index is 12.9. The van der Waals surface area contributed by atoms with E-state index in [4.69, 9.17) is 52.1 Å². The van der Waals surface area contributed by atoms with E-state index in [-0.39, 0.29) is 46.2 Å². The van der Waals surface area contributed by atoms with Gasteiger partial charge in [-0.05, 0) is 27.8 Å². The molecule has 0 N–H and O–H groups in total. The van der Waals surface area contributed by atoms with Crippen molar-refractivity contribution < 1.29 is 61.7 Å². The Hall–Kier alpha value is -5.32. The second kappa shape index (κ2) is 24.8. The SMILES string of the molecule is CO[C@H]1OC(CO[C@H]2OC(COC(C)=O)[C@H](OCc3ccccc3)C(OC(C)=O)C2OCc2ccccc2)[C@@H](OCc2ccccc2)C(OCc2ccccc2)C1OCc1ccccc1. The van der Waals surface area contributed by atoms with E-state index in [1.54, 1.807) is 7.11 Å². The number of benzene rings is 5. The number of rotatable bonds is 22. The second-order valence-corrected chi connectivity index (χ2v) is 15.8.